The molecule has 0 spiro atoms. The lowest BCUT2D eigenvalue weighted by molar-refractivity contribution is 0.403. The summed E-state index contributed by atoms with van der Waals surface area (Å²) in [6.07, 6.45) is 1.20. The average Bonchev–Trinajstić information content (AvgIpc) is 1.81. The number of ether oxygens (including phenoxy) is 1. The van der Waals surface area contributed by atoms with Crippen LogP contribution in [0.25, 0.3) is 0 Å². The first-order valence-corrected chi connectivity index (χ1v) is 4.26. The predicted octanol–water partition coefficient (Wildman–Crippen LogP) is 1.83. The quantitative estimate of drug-likeness (QED) is 0.369. The van der Waals surface area contributed by atoms with Gasteiger partial charge in [0, 0.05) is 0 Å². The molecule has 0 atom stereocenters. The summed E-state index contributed by atoms with van der Waals surface area (Å²) in [5.74, 6) is 1.16. The molecule has 0 aromatic carbocycles. The van der Waals surface area contributed by atoms with E-state index in [1.54, 1.807) is 5.55 Å². The molecule has 8 heavy (non-hydrogen) atoms. The van der Waals surface area contributed by atoms with Gasteiger partial charge in [-0.15, -0.1) is 0 Å². The Morgan fingerprint density at radius 2 is 2.50 bits per heavy atom. The number of hydrogen-bond acceptors (Lipinski definition) is 1. The van der Waals surface area contributed by atoms with Crippen molar-refractivity contribution >= 4 is 28.5 Å². The van der Waals surface area contributed by atoms with E-state index in [1.165, 1.54) is 17.8 Å². The van der Waals surface area contributed by atoms with E-state index in [2.05, 4.69) is 6.92 Å². The van der Waals surface area contributed by atoms with Crippen molar-refractivity contribution in [3.05, 3.63) is 0 Å². The van der Waals surface area contributed by atoms with Crippen LogP contribution >= 0.6 is 23.0 Å². The van der Waals surface area contributed by atoms with Gasteiger partial charge in [0.25, 0.3) is 0 Å². The molecule has 0 saturated carbocycles. The van der Waals surface area contributed by atoms with Gasteiger partial charge >= 0.3 is 0 Å². The molecule has 0 rings (SSSR count). The third-order valence-electron chi connectivity index (χ3n) is 0.565. The Morgan fingerprint density at radius 3 is 3.00 bits per heavy atom. The lowest BCUT2D eigenvalue weighted by Crippen LogP contribution is -1.79. The maximum Gasteiger partial charge on any atom is 0.127 e. The van der Waals surface area contributed by atoms with Gasteiger partial charge in [-0.2, -0.15) is 11.4 Å². The minimum absolute atomic E-state index is 0.275. The number of rotatable bonds is 4. The molecule has 50 valence electrons. The molecule has 0 aromatic heterocycles. The number of halogens is 1. The summed E-state index contributed by atoms with van der Waals surface area (Å²) >= 11 is 6.45. The van der Waals surface area contributed by atoms with Crippen molar-refractivity contribution in [2.75, 3.05) is 11.8 Å². The van der Waals surface area contributed by atoms with Crippen LogP contribution in [0.1, 0.15) is 13.3 Å². The summed E-state index contributed by atoms with van der Waals surface area (Å²) in [7, 11) is 0. The maximum absolute atomic E-state index is 5.22. The summed E-state index contributed by atoms with van der Waals surface area (Å²) in [5.41, 5.74) is 1.73. The molecule has 0 aromatic rings. The van der Waals surface area contributed by atoms with Crippen LogP contribution in [0.4, 0.5) is 0 Å². The normalized spacial score (nSPS) is 11.8. The highest BCUT2D eigenvalue weighted by atomic mass is 35.5. The second-order valence-electron chi connectivity index (χ2n) is 1.29. The van der Waals surface area contributed by atoms with Gasteiger partial charge in [-0.1, -0.05) is 18.5 Å². The molecular formula is C5H11ClOS. The van der Waals surface area contributed by atoms with Crippen LogP contribution in [0.5, 0.6) is 0 Å². The monoisotopic (exact) mass is 154 g/mol. The highest BCUT2D eigenvalue weighted by molar-refractivity contribution is 7.97. The minimum Gasteiger partial charge on any atom is -0.332 e. The Bertz CT molecular complexity index is 57.4. The predicted molar refractivity (Wildman–Crippen MR) is 42.0 cm³/mol. The minimum atomic E-state index is 0.275. The smallest absolute Gasteiger partial charge is 0.127 e. The van der Waals surface area contributed by atoms with Gasteiger partial charge in [0.2, 0.25) is 0 Å². The van der Waals surface area contributed by atoms with Crippen molar-refractivity contribution in [2.24, 2.45) is 0 Å². The fraction of sp³-hybridized carbons (Fsp3) is 0.800. The van der Waals surface area contributed by atoms with Crippen LogP contribution in [0.3, 0.4) is 0 Å². The van der Waals surface area contributed by atoms with Gasteiger partial charge in [-0.05, 0) is 12.2 Å². The summed E-state index contributed by atoms with van der Waals surface area (Å²) in [4.78, 5) is 0. The first-order valence-electron chi connectivity index (χ1n) is 2.57. The van der Waals surface area contributed by atoms with Crippen LogP contribution in [-0.2, 0) is 4.74 Å². The van der Waals surface area contributed by atoms with E-state index in [0.717, 1.165) is 5.75 Å². The summed E-state index contributed by atoms with van der Waals surface area (Å²) < 4.78 is 4.76. The fourth-order valence-electron chi connectivity index (χ4n) is 0.263. The van der Waals surface area contributed by atoms with Gasteiger partial charge in [0.05, 0.1) is 5.55 Å². The van der Waals surface area contributed by atoms with Crippen molar-refractivity contribution in [1.29, 1.82) is 0 Å². The topological polar surface area (TPSA) is 9.23 Å². The Kier molecular flexibility index (Phi) is 7.91. The molecule has 0 heterocycles. The van der Waals surface area contributed by atoms with Crippen molar-refractivity contribution in [3.63, 3.8) is 0 Å². The molecule has 1 nitrogen and oxygen atoms in total. The second kappa shape index (κ2) is 7.47. The lowest BCUT2D eigenvalue weighted by atomic mass is 10.6. The average molecular weight is 155 g/mol. The molecule has 0 fully saturated rings. The molecule has 0 N–H and O–H groups in total. The molecule has 0 bridgehead atoms. The van der Waals surface area contributed by atoms with Gasteiger partial charge in [0.1, 0.15) is 6.07 Å². The number of alkyl halides is 1. The highest BCUT2D eigenvalue weighted by Gasteiger charge is 1.71. The summed E-state index contributed by atoms with van der Waals surface area (Å²) in [6.45, 7) is 2.14. The first kappa shape index (κ1) is 8.47. The summed E-state index contributed by atoms with van der Waals surface area (Å²) in [6, 6.07) is 0.275. The standard InChI is InChI=1S/C5H11ClOS/c1-2-3-8-5-7-4-6/h5,8H,2-4H2,1H3. The molecule has 0 amide bonds. The van der Waals surface area contributed by atoms with E-state index in [1.807, 2.05) is 0 Å². The van der Waals surface area contributed by atoms with E-state index in [-0.39, 0.29) is 6.07 Å². The van der Waals surface area contributed by atoms with Crippen LogP contribution in [0, 0.1) is 0 Å². The molecule has 0 aliphatic heterocycles. The Balaban J connectivity index is 2.83. The van der Waals surface area contributed by atoms with Crippen molar-refractivity contribution in [3.8, 4) is 0 Å². The molecule has 0 radical (unpaired) electrons. The van der Waals surface area contributed by atoms with E-state index in [0.29, 0.717) is 0 Å². The maximum atomic E-state index is 5.22. The van der Waals surface area contributed by atoms with Gasteiger partial charge in [-0.3, -0.25) is 0 Å². The molecule has 3 heteroatoms. The Morgan fingerprint density at radius 1 is 1.75 bits per heavy atom. The van der Waals surface area contributed by atoms with Gasteiger partial charge in [-0.25, -0.2) is 0 Å². The van der Waals surface area contributed by atoms with Crippen LogP contribution in [0.2, 0.25) is 0 Å². The third-order valence-corrected chi connectivity index (χ3v) is 1.69. The third kappa shape index (κ3) is 6.47. The lowest BCUT2D eigenvalue weighted by Gasteiger charge is -1.86. The zero-order valence-corrected chi connectivity index (χ0v) is 6.58. The van der Waals surface area contributed by atoms with E-state index >= 15 is 0 Å². The molecule has 0 saturated heterocycles. The highest BCUT2D eigenvalue weighted by Crippen LogP contribution is 1.88. The summed E-state index contributed by atoms with van der Waals surface area (Å²) in [5, 5.41) is 0. The van der Waals surface area contributed by atoms with Crippen LogP contribution in [0.15, 0.2) is 0 Å². The van der Waals surface area contributed by atoms with Crippen LogP contribution in [-0.4, -0.2) is 17.4 Å². The Hall–Kier alpha value is 0.470. The van der Waals surface area contributed by atoms with Gasteiger partial charge in [0.15, 0.2) is 0 Å². The number of thiol groups is 1. The zero-order valence-electron chi connectivity index (χ0n) is 4.93. The van der Waals surface area contributed by atoms with E-state index < -0.39 is 0 Å². The zero-order chi connectivity index (χ0) is 6.24. The van der Waals surface area contributed by atoms with Crippen molar-refractivity contribution < 1.29 is 4.74 Å². The SMILES string of the molecule is CCC[SH]=COCCl. The van der Waals surface area contributed by atoms with Crippen molar-refractivity contribution in [1.82, 2.24) is 0 Å². The largest absolute Gasteiger partial charge is 0.332 e. The molecule has 0 aliphatic carbocycles. The fourth-order valence-corrected chi connectivity index (χ4v) is 0.957. The molecule has 0 unspecified atom stereocenters. The Labute approximate surface area is 58.9 Å². The van der Waals surface area contributed by atoms with Gasteiger partial charge < -0.3 is 4.74 Å². The molecule has 0 aliphatic rings. The second-order valence-corrected chi connectivity index (χ2v) is 2.53. The van der Waals surface area contributed by atoms with Crippen LogP contribution < -0.4 is 0 Å². The first-order chi connectivity index (χ1) is 3.91. The van der Waals surface area contributed by atoms with E-state index in [4.69, 9.17) is 16.3 Å². The number of hydrogen-bond donors (Lipinski definition) is 1. The van der Waals surface area contributed by atoms with E-state index in [9.17, 15) is 0 Å². The molecular weight excluding hydrogens is 144 g/mol. The van der Waals surface area contributed by atoms with Crippen molar-refractivity contribution in [2.45, 2.75) is 13.3 Å².